The second kappa shape index (κ2) is 6.13. The van der Waals surface area contributed by atoms with Gasteiger partial charge >= 0.3 is 0 Å². The second-order valence-electron chi connectivity index (χ2n) is 5.79. The van der Waals surface area contributed by atoms with E-state index in [4.69, 9.17) is 15.2 Å². The fourth-order valence-electron chi connectivity index (χ4n) is 2.97. The van der Waals surface area contributed by atoms with Gasteiger partial charge in [-0.2, -0.15) is 0 Å². The van der Waals surface area contributed by atoms with Gasteiger partial charge in [0.25, 0.3) is 0 Å². The average molecular weight is 290 g/mol. The molecular weight excluding hydrogens is 268 g/mol. The Balaban J connectivity index is 1.69. The molecule has 1 unspecified atom stereocenters. The van der Waals surface area contributed by atoms with Crippen LogP contribution in [0.2, 0.25) is 0 Å². The first kappa shape index (κ1) is 14.5. The first-order valence-corrected chi connectivity index (χ1v) is 7.52. The van der Waals surface area contributed by atoms with Gasteiger partial charge in [-0.15, -0.1) is 0 Å². The number of benzene rings is 1. The molecule has 1 aromatic rings. The summed E-state index contributed by atoms with van der Waals surface area (Å²) >= 11 is 0. The predicted octanol–water partition coefficient (Wildman–Crippen LogP) is 1.09. The van der Waals surface area contributed by atoms with Gasteiger partial charge in [0.15, 0.2) is 0 Å². The van der Waals surface area contributed by atoms with E-state index in [-0.39, 0.29) is 12.0 Å². The van der Waals surface area contributed by atoms with Crippen LogP contribution in [0.5, 0.6) is 0 Å². The van der Waals surface area contributed by atoms with Gasteiger partial charge < -0.3 is 20.1 Å². The number of ether oxygens (including phenoxy) is 2. The zero-order valence-electron chi connectivity index (χ0n) is 12.2. The van der Waals surface area contributed by atoms with Crippen molar-refractivity contribution in [1.29, 1.82) is 0 Å². The lowest BCUT2D eigenvalue weighted by molar-refractivity contribution is -0.148. The fourth-order valence-corrected chi connectivity index (χ4v) is 2.97. The van der Waals surface area contributed by atoms with E-state index in [1.165, 1.54) is 0 Å². The van der Waals surface area contributed by atoms with Crippen LogP contribution in [0.4, 0.5) is 0 Å². The van der Waals surface area contributed by atoms with Crippen molar-refractivity contribution < 1.29 is 14.3 Å². The van der Waals surface area contributed by atoms with Crippen LogP contribution in [0.25, 0.3) is 0 Å². The Morgan fingerprint density at radius 2 is 1.90 bits per heavy atom. The Morgan fingerprint density at radius 1 is 1.19 bits per heavy atom. The largest absolute Gasteiger partial charge is 0.381 e. The number of nitrogens with zero attached hydrogens (tertiary/aromatic N) is 1. The maximum atomic E-state index is 12.7. The highest BCUT2D eigenvalue weighted by atomic mass is 16.5. The van der Waals surface area contributed by atoms with Crippen molar-refractivity contribution in [1.82, 2.24) is 4.90 Å². The van der Waals surface area contributed by atoms with Crippen LogP contribution in [0.3, 0.4) is 0 Å². The molecule has 0 bridgehead atoms. The molecule has 2 saturated heterocycles. The number of amides is 1. The van der Waals surface area contributed by atoms with Gasteiger partial charge in [-0.25, -0.2) is 0 Å². The van der Waals surface area contributed by atoms with Crippen LogP contribution in [0.15, 0.2) is 30.3 Å². The third-order valence-corrected chi connectivity index (χ3v) is 4.34. The van der Waals surface area contributed by atoms with E-state index in [0.29, 0.717) is 45.8 Å². The molecule has 5 nitrogen and oxygen atoms in total. The van der Waals surface area contributed by atoms with Gasteiger partial charge in [0.2, 0.25) is 5.91 Å². The normalized spacial score (nSPS) is 25.6. The van der Waals surface area contributed by atoms with Gasteiger partial charge in [0.05, 0.1) is 18.7 Å². The number of carbonyl (C=O) groups excluding carboxylic acids is 1. The van der Waals surface area contributed by atoms with Gasteiger partial charge in [-0.05, 0) is 18.4 Å². The minimum Gasteiger partial charge on any atom is -0.381 e. The Hall–Kier alpha value is -1.43. The highest BCUT2D eigenvalue weighted by Crippen LogP contribution is 2.26. The quantitative estimate of drug-likeness (QED) is 0.885. The molecule has 114 valence electrons. The summed E-state index contributed by atoms with van der Waals surface area (Å²) in [5.74, 6) is 0.0371. The molecule has 21 heavy (non-hydrogen) atoms. The van der Waals surface area contributed by atoms with Gasteiger partial charge in [0.1, 0.15) is 6.10 Å². The van der Waals surface area contributed by atoms with Crippen molar-refractivity contribution in [2.45, 2.75) is 24.5 Å². The molecule has 0 saturated carbocycles. The molecule has 2 aliphatic rings. The fraction of sp³-hybridized carbons (Fsp3) is 0.562. The number of hydrogen-bond acceptors (Lipinski definition) is 4. The zero-order valence-corrected chi connectivity index (χ0v) is 12.2. The highest BCUT2D eigenvalue weighted by Gasteiger charge is 2.40. The number of rotatable bonds is 2. The Morgan fingerprint density at radius 3 is 2.62 bits per heavy atom. The Labute approximate surface area is 125 Å². The number of hydrogen-bond donors (Lipinski definition) is 1. The predicted molar refractivity (Wildman–Crippen MR) is 78.7 cm³/mol. The molecule has 3 rings (SSSR count). The molecule has 0 spiro atoms. The monoisotopic (exact) mass is 290 g/mol. The summed E-state index contributed by atoms with van der Waals surface area (Å²) < 4.78 is 11.1. The third kappa shape index (κ3) is 3.10. The molecule has 2 aliphatic heterocycles. The summed E-state index contributed by atoms with van der Waals surface area (Å²) in [5, 5.41) is 0. The van der Waals surface area contributed by atoms with Gasteiger partial charge in [-0.3, -0.25) is 4.79 Å². The number of carbonyl (C=O) groups is 1. The van der Waals surface area contributed by atoms with E-state index >= 15 is 0 Å². The highest BCUT2D eigenvalue weighted by molar-refractivity contribution is 5.86. The smallest absolute Gasteiger partial charge is 0.243 e. The molecule has 1 aromatic carbocycles. The molecule has 0 radical (unpaired) electrons. The maximum Gasteiger partial charge on any atom is 0.243 e. The lowest BCUT2D eigenvalue weighted by atomic mass is 9.89. The third-order valence-electron chi connectivity index (χ3n) is 4.34. The first-order chi connectivity index (χ1) is 10.2. The average Bonchev–Trinajstić information content (AvgIpc) is 2.56. The number of nitrogens with two attached hydrogens (primary N) is 1. The molecule has 0 aliphatic carbocycles. The van der Waals surface area contributed by atoms with Crippen LogP contribution in [-0.4, -0.2) is 49.3 Å². The van der Waals surface area contributed by atoms with Crippen molar-refractivity contribution in [3.63, 3.8) is 0 Å². The molecule has 2 fully saturated rings. The lowest BCUT2D eigenvalue weighted by Crippen LogP contribution is -2.60. The van der Waals surface area contributed by atoms with E-state index in [2.05, 4.69) is 0 Å². The van der Waals surface area contributed by atoms with Crippen molar-refractivity contribution in [3.05, 3.63) is 35.9 Å². The summed E-state index contributed by atoms with van der Waals surface area (Å²) in [7, 11) is 0. The van der Waals surface area contributed by atoms with Crippen LogP contribution in [0, 0.1) is 0 Å². The van der Waals surface area contributed by atoms with Gasteiger partial charge in [0, 0.05) is 19.8 Å². The van der Waals surface area contributed by atoms with Crippen LogP contribution in [-0.2, 0) is 14.3 Å². The Bertz CT molecular complexity index is 486. The molecular formula is C16H22N2O3. The molecule has 0 aromatic heterocycles. The Kier molecular flexibility index (Phi) is 4.24. The SMILES string of the molecule is NC1(C(=O)N2CCOC(c3ccccc3)C2)CCOCC1. The van der Waals surface area contributed by atoms with Crippen molar-refractivity contribution >= 4 is 5.91 Å². The van der Waals surface area contributed by atoms with Crippen LogP contribution in [0.1, 0.15) is 24.5 Å². The van der Waals surface area contributed by atoms with Crippen molar-refractivity contribution in [2.24, 2.45) is 5.73 Å². The van der Waals surface area contributed by atoms with Crippen LogP contribution < -0.4 is 5.73 Å². The maximum absolute atomic E-state index is 12.7. The number of morpholine rings is 1. The summed E-state index contributed by atoms with van der Waals surface area (Å²) in [6.45, 7) is 2.87. The summed E-state index contributed by atoms with van der Waals surface area (Å²) in [6.07, 6.45) is 1.13. The summed E-state index contributed by atoms with van der Waals surface area (Å²) in [6, 6.07) is 10.0. The minimum atomic E-state index is -0.767. The summed E-state index contributed by atoms with van der Waals surface area (Å²) in [4.78, 5) is 14.6. The van der Waals surface area contributed by atoms with Crippen LogP contribution >= 0.6 is 0 Å². The molecule has 5 heteroatoms. The van der Waals surface area contributed by atoms with E-state index in [1.54, 1.807) is 0 Å². The van der Waals surface area contributed by atoms with Crippen molar-refractivity contribution in [3.8, 4) is 0 Å². The first-order valence-electron chi connectivity index (χ1n) is 7.52. The molecule has 1 amide bonds. The topological polar surface area (TPSA) is 64.8 Å². The van der Waals surface area contributed by atoms with Crippen molar-refractivity contribution in [2.75, 3.05) is 32.9 Å². The second-order valence-corrected chi connectivity index (χ2v) is 5.79. The lowest BCUT2D eigenvalue weighted by Gasteiger charge is -2.40. The van der Waals surface area contributed by atoms with Gasteiger partial charge in [-0.1, -0.05) is 30.3 Å². The molecule has 2 N–H and O–H groups in total. The molecule has 1 atom stereocenters. The summed E-state index contributed by atoms with van der Waals surface area (Å²) in [5.41, 5.74) is 6.64. The van der Waals surface area contributed by atoms with E-state index < -0.39 is 5.54 Å². The minimum absolute atomic E-state index is 0.0371. The standard InChI is InChI=1S/C16H22N2O3/c17-16(6-9-20-10-7-16)15(19)18-8-11-21-14(12-18)13-4-2-1-3-5-13/h1-5,14H,6-12,17H2. The van der Waals surface area contributed by atoms with E-state index in [1.807, 2.05) is 35.2 Å². The van der Waals surface area contributed by atoms with E-state index in [9.17, 15) is 4.79 Å². The zero-order chi connectivity index (χ0) is 14.7. The molecule has 2 heterocycles. The van der Waals surface area contributed by atoms with E-state index in [0.717, 1.165) is 5.56 Å².